The number of ether oxygens (including phenoxy) is 2. The van der Waals surface area contributed by atoms with Crippen LogP contribution in [-0.4, -0.2) is 34.4 Å². The quantitative estimate of drug-likeness (QED) is 0.144. The van der Waals surface area contributed by atoms with Crippen LogP contribution in [0.4, 0.5) is 0 Å². The van der Waals surface area contributed by atoms with Gasteiger partial charge in [0.05, 0.1) is 11.8 Å². The molecule has 2 aromatic carbocycles. The van der Waals surface area contributed by atoms with E-state index in [4.69, 9.17) is 20.9 Å². The van der Waals surface area contributed by atoms with Gasteiger partial charge in [0.2, 0.25) is 0 Å². The van der Waals surface area contributed by atoms with Crippen LogP contribution in [-0.2, 0) is 31.9 Å². The molecule has 0 aliphatic rings. The summed E-state index contributed by atoms with van der Waals surface area (Å²) in [5.74, 6) is -2.35. The molecule has 2 aromatic heterocycles. The van der Waals surface area contributed by atoms with Crippen molar-refractivity contribution in [3.8, 4) is 0 Å². The van der Waals surface area contributed by atoms with Crippen LogP contribution in [0, 0.1) is 13.8 Å². The second-order valence-corrected chi connectivity index (χ2v) is 10.1. The average molecular weight is 565 g/mol. The first-order valence-corrected chi connectivity index (χ1v) is 13.8. The number of aryl methyl sites for hydroxylation is 2. The minimum absolute atomic E-state index is 0.398. The largest absolute Gasteiger partial charge is 0.443 e. The Hall–Kier alpha value is -4.66. The second kappa shape index (κ2) is 14.8. The van der Waals surface area contributed by atoms with Crippen LogP contribution in [0.2, 0.25) is 0 Å². The highest BCUT2D eigenvalue weighted by Crippen LogP contribution is 2.26. The van der Waals surface area contributed by atoms with Crippen LogP contribution >= 0.6 is 0 Å². The van der Waals surface area contributed by atoms with Gasteiger partial charge in [0.15, 0.2) is 12.5 Å². The molecule has 8 nitrogen and oxygen atoms in total. The van der Waals surface area contributed by atoms with E-state index in [-0.39, 0.29) is 0 Å². The number of nitrogens with two attached hydrogens (primary N) is 2. The Morgan fingerprint density at radius 1 is 0.643 bits per heavy atom. The van der Waals surface area contributed by atoms with Gasteiger partial charge < -0.3 is 9.47 Å². The van der Waals surface area contributed by atoms with E-state index in [2.05, 4.69) is 9.97 Å². The Kier molecular flexibility index (Phi) is 10.7. The molecule has 0 spiro atoms. The monoisotopic (exact) mass is 564 g/mol. The first-order valence-electron chi connectivity index (χ1n) is 13.8. The van der Waals surface area contributed by atoms with Gasteiger partial charge in [-0.2, -0.15) is 0 Å². The molecular weight excluding hydrogens is 528 g/mol. The number of rotatable bonds is 12. The Bertz CT molecular complexity index is 1380. The van der Waals surface area contributed by atoms with Gasteiger partial charge in [-0.05, 0) is 73.2 Å². The van der Waals surface area contributed by atoms with Crippen molar-refractivity contribution in [3.63, 3.8) is 0 Å². The number of hydrogen-bond acceptors (Lipinski definition) is 8. The van der Waals surface area contributed by atoms with E-state index < -0.39 is 36.2 Å². The zero-order valence-electron chi connectivity index (χ0n) is 23.8. The molecule has 0 aliphatic heterocycles. The maximum absolute atomic E-state index is 12.7. The standard InChI is InChI=1S/C34H36N4O4/c1-23-11-3-5-13-25(23)21-27(29-15-7-9-19-37-29)33(35)41-31(39)17-18-32(40)42-34(36)28(30-16-8-10-20-38-30)22-26-14-6-4-12-24(26)2/h3-20,27-28,33-34H,21-22,35-36H2,1-2H3/b18-17+/t27-,28-,33?,34?/m0/s1. The van der Waals surface area contributed by atoms with E-state index in [0.717, 1.165) is 34.4 Å². The van der Waals surface area contributed by atoms with Crippen molar-refractivity contribution in [2.24, 2.45) is 11.5 Å². The molecule has 0 bridgehead atoms. The Morgan fingerprint density at radius 3 is 1.38 bits per heavy atom. The van der Waals surface area contributed by atoms with E-state index in [1.807, 2.05) is 98.8 Å². The van der Waals surface area contributed by atoms with E-state index in [9.17, 15) is 9.59 Å². The van der Waals surface area contributed by atoms with Crippen LogP contribution < -0.4 is 11.5 Å². The lowest BCUT2D eigenvalue weighted by molar-refractivity contribution is -0.146. The van der Waals surface area contributed by atoms with Gasteiger partial charge in [0.1, 0.15) is 0 Å². The van der Waals surface area contributed by atoms with Gasteiger partial charge in [0.25, 0.3) is 0 Å². The van der Waals surface area contributed by atoms with Gasteiger partial charge in [-0.1, -0.05) is 60.7 Å². The van der Waals surface area contributed by atoms with Crippen LogP contribution in [0.25, 0.3) is 0 Å². The van der Waals surface area contributed by atoms with E-state index in [1.54, 1.807) is 12.4 Å². The maximum atomic E-state index is 12.7. The minimum Gasteiger partial charge on any atom is -0.443 e. The van der Waals surface area contributed by atoms with Gasteiger partial charge in [-0.15, -0.1) is 0 Å². The van der Waals surface area contributed by atoms with Gasteiger partial charge in [-0.3, -0.25) is 21.4 Å². The predicted octanol–water partition coefficient (Wildman–Crippen LogP) is 4.66. The fourth-order valence-electron chi connectivity index (χ4n) is 4.77. The molecule has 4 rings (SSSR count). The van der Waals surface area contributed by atoms with Crippen molar-refractivity contribution < 1.29 is 19.1 Å². The number of nitrogens with zero attached hydrogens (tertiary/aromatic N) is 2. The van der Waals surface area contributed by atoms with Crippen LogP contribution in [0.15, 0.2) is 109 Å². The fourth-order valence-corrected chi connectivity index (χ4v) is 4.77. The highest BCUT2D eigenvalue weighted by atomic mass is 16.6. The fraction of sp³-hybridized carbons (Fsp3) is 0.235. The minimum atomic E-state index is -1.00. The number of pyridine rings is 2. The molecule has 0 aliphatic carbocycles. The average Bonchev–Trinajstić information content (AvgIpc) is 3.00. The number of hydrogen-bond donors (Lipinski definition) is 2. The SMILES string of the molecule is Cc1ccccc1C[C@@H](c1ccccn1)C(N)OC(=O)/C=C/C(=O)OC(N)[C@@H](Cc1ccccc1C)c1ccccn1. The number of carbonyl (C=O) groups excluding carboxylic acids is 2. The lowest BCUT2D eigenvalue weighted by atomic mass is 9.92. The summed E-state index contributed by atoms with van der Waals surface area (Å²) in [5.41, 5.74) is 18.5. The van der Waals surface area contributed by atoms with Crippen molar-refractivity contribution in [1.29, 1.82) is 0 Å². The third-order valence-electron chi connectivity index (χ3n) is 7.19. The van der Waals surface area contributed by atoms with Crippen molar-refractivity contribution in [2.75, 3.05) is 0 Å². The summed E-state index contributed by atoms with van der Waals surface area (Å²) >= 11 is 0. The van der Waals surface area contributed by atoms with E-state index in [0.29, 0.717) is 24.2 Å². The summed E-state index contributed by atoms with van der Waals surface area (Å²) in [6, 6.07) is 26.9. The predicted molar refractivity (Wildman–Crippen MR) is 161 cm³/mol. The van der Waals surface area contributed by atoms with Crippen molar-refractivity contribution in [3.05, 3.63) is 143 Å². The first-order chi connectivity index (χ1) is 20.3. The van der Waals surface area contributed by atoms with E-state index in [1.165, 1.54) is 0 Å². The molecule has 0 radical (unpaired) electrons. The molecule has 0 fully saturated rings. The Balaban J connectivity index is 1.41. The molecule has 216 valence electrons. The van der Waals surface area contributed by atoms with Crippen LogP contribution in [0.5, 0.6) is 0 Å². The van der Waals surface area contributed by atoms with Crippen molar-refractivity contribution in [1.82, 2.24) is 9.97 Å². The van der Waals surface area contributed by atoms with Crippen LogP contribution in [0.1, 0.15) is 45.5 Å². The Morgan fingerprint density at radius 2 is 1.02 bits per heavy atom. The summed E-state index contributed by atoms with van der Waals surface area (Å²) in [4.78, 5) is 34.2. The molecule has 0 saturated heterocycles. The summed E-state index contributed by atoms with van der Waals surface area (Å²) in [7, 11) is 0. The topological polar surface area (TPSA) is 130 Å². The third kappa shape index (κ3) is 8.42. The van der Waals surface area contributed by atoms with Crippen molar-refractivity contribution in [2.45, 2.75) is 51.0 Å². The summed E-state index contributed by atoms with van der Waals surface area (Å²) < 4.78 is 11.0. The molecule has 4 aromatic rings. The molecule has 0 saturated carbocycles. The second-order valence-electron chi connectivity index (χ2n) is 10.1. The normalized spacial score (nSPS) is 14.1. The number of esters is 2. The molecule has 2 heterocycles. The zero-order chi connectivity index (χ0) is 29.9. The number of carbonyl (C=O) groups is 2. The first kappa shape index (κ1) is 30.3. The lowest BCUT2D eigenvalue weighted by Crippen LogP contribution is -2.35. The Labute approximate surface area is 246 Å². The zero-order valence-corrected chi connectivity index (χ0v) is 23.8. The molecule has 8 heteroatoms. The highest BCUT2D eigenvalue weighted by Gasteiger charge is 2.27. The lowest BCUT2D eigenvalue weighted by Gasteiger charge is -2.24. The van der Waals surface area contributed by atoms with Crippen LogP contribution in [0.3, 0.4) is 0 Å². The molecule has 4 N–H and O–H groups in total. The molecule has 4 atom stereocenters. The number of benzene rings is 2. The highest BCUT2D eigenvalue weighted by molar-refractivity contribution is 5.91. The van der Waals surface area contributed by atoms with Gasteiger partial charge in [-0.25, -0.2) is 9.59 Å². The summed E-state index contributed by atoms with van der Waals surface area (Å²) in [6.07, 6.45) is 4.37. The van der Waals surface area contributed by atoms with Crippen molar-refractivity contribution >= 4 is 11.9 Å². The molecular formula is C34H36N4O4. The molecule has 2 unspecified atom stereocenters. The molecule has 0 amide bonds. The van der Waals surface area contributed by atoms with E-state index >= 15 is 0 Å². The summed E-state index contributed by atoms with van der Waals surface area (Å²) in [6.45, 7) is 4.03. The molecule has 42 heavy (non-hydrogen) atoms. The smallest absolute Gasteiger partial charge is 0.332 e. The van der Waals surface area contributed by atoms with Gasteiger partial charge >= 0.3 is 11.9 Å². The van der Waals surface area contributed by atoms with Gasteiger partial charge in [0, 0.05) is 35.9 Å². The number of aromatic nitrogens is 2. The third-order valence-corrected chi connectivity index (χ3v) is 7.19. The maximum Gasteiger partial charge on any atom is 0.332 e. The summed E-state index contributed by atoms with van der Waals surface area (Å²) in [5, 5.41) is 0.